The van der Waals surface area contributed by atoms with E-state index in [0.717, 1.165) is 5.56 Å². The maximum atomic E-state index is 6.81. The number of anilines is 1. The van der Waals surface area contributed by atoms with E-state index in [4.69, 9.17) is 5.41 Å². The first kappa shape index (κ1) is 11.2. The first-order chi connectivity index (χ1) is 7.24. The third kappa shape index (κ3) is 3.81. The van der Waals surface area contributed by atoms with Gasteiger partial charge in [0, 0.05) is 26.0 Å². The molecule has 1 aromatic carbocycles. The molecule has 1 aromatic rings. The quantitative estimate of drug-likeness (QED) is 0.587. The number of hydrogen-bond acceptors (Lipinski definition) is 2. The summed E-state index contributed by atoms with van der Waals surface area (Å²) in [5, 5.41) is 6.81. The van der Waals surface area contributed by atoms with Gasteiger partial charge in [-0.2, -0.15) is 0 Å². The summed E-state index contributed by atoms with van der Waals surface area (Å²) < 4.78 is 0. The van der Waals surface area contributed by atoms with Gasteiger partial charge < -0.3 is 10.3 Å². The van der Waals surface area contributed by atoms with Gasteiger partial charge in [-0.05, 0) is 23.8 Å². The second-order valence-corrected chi connectivity index (χ2v) is 3.40. The van der Waals surface area contributed by atoms with E-state index in [0.29, 0.717) is 0 Å². The predicted molar refractivity (Wildman–Crippen MR) is 67.7 cm³/mol. The van der Waals surface area contributed by atoms with Crippen LogP contribution in [0.3, 0.4) is 0 Å². The highest BCUT2D eigenvalue weighted by Crippen LogP contribution is 2.12. The van der Waals surface area contributed by atoms with Crippen molar-refractivity contribution in [3.63, 3.8) is 0 Å². The van der Waals surface area contributed by atoms with Crippen molar-refractivity contribution in [2.75, 3.05) is 19.0 Å². The molecule has 0 bridgehead atoms. The van der Waals surface area contributed by atoms with Gasteiger partial charge in [-0.25, -0.2) is 0 Å². The zero-order valence-corrected chi connectivity index (χ0v) is 9.14. The largest absolute Gasteiger partial charge is 0.378 e. The van der Waals surface area contributed by atoms with E-state index in [9.17, 15) is 0 Å². The van der Waals surface area contributed by atoms with Gasteiger partial charge in [0.2, 0.25) is 0 Å². The molecule has 0 saturated heterocycles. The molecule has 0 amide bonds. The highest BCUT2D eigenvalue weighted by molar-refractivity contribution is 5.68. The van der Waals surface area contributed by atoms with Gasteiger partial charge in [0.1, 0.15) is 0 Å². The molecule has 0 aliphatic rings. The Morgan fingerprint density at radius 2 is 1.67 bits per heavy atom. The van der Waals surface area contributed by atoms with Gasteiger partial charge in [-0.1, -0.05) is 30.4 Å². The number of allylic oxidation sites excluding steroid dienone is 3. The molecular formula is C13H16N2. The standard InChI is InChI=1S/C13H16N2/c1-15(2)13-9-7-12(8-10-13)6-4-3-5-11-14/h3-11,14H,1-2H3. The Hall–Kier alpha value is -1.83. The Morgan fingerprint density at radius 1 is 1.00 bits per heavy atom. The lowest BCUT2D eigenvalue weighted by atomic mass is 10.2. The Balaban J connectivity index is 2.68. The zero-order valence-electron chi connectivity index (χ0n) is 9.14. The van der Waals surface area contributed by atoms with E-state index in [1.54, 1.807) is 6.08 Å². The van der Waals surface area contributed by atoms with Crippen LogP contribution in [0.1, 0.15) is 5.56 Å². The lowest BCUT2D eigenvalue weighted by Crippen LogP contribution is -2.07. The Bertz CT molecular complexity index is 359. The predicted octanol–water partition coefficient (Wildman–Crippen LogP) is 2.97. The summed E-state index contributed by atoms with van der Waals surface area (Å²) in [5.74, 6) is 0. The van der Waals surface area contributed by atoms with Crippen LogP contribution in [0, 0.1) is 5.41 Å². The lowest BCUT2D eigenvalue weighted by Gasteiger charge is -2.11. The summed E-state index contributed by atoms with van der Waals surface area (Å²) in [6.07, 6.45) is 8.73. The van der Waals surface area contributed by atoms with E-state index >= 15 is 0 Å². The maximum absolute atomic E-state index is 6.81. The van der Waals surface area contributed by atoms with Gasteiger partial charge >= 0.3 is 0 Å². The van der Waals surface area contributed by atoms with E-state index in [1.165, 1.54) is 11.9 Å². The molecule has 78 valence electrons. The number of hydrogen-bond donors (Lipinski definition) is 1. The van der Waals surface area contributed by atoms with Crippen molar-refractivity contribution in [1.82, 2.24) is 0 Å². The smallest absolute Gasteiger partial charge is 0.0361 e. The molecule has 2 heteroatoms. The van der Waals surface area contributed by atoms with Crippen LogP contribution in [0.2, 0.25) is 0 Å². The molecule has 0 aliphatic carbocycles. The van der Waals surface area contributed by atoms with Crippen LogP contribution >= 0.6 is 0 Å². The SMILES string of the molecule is CN(C)c1ccc(C=CC=CC=N)cc1. The van der Waals surface area contributed by atoms with Gasteiger partial charge in [0.05, 0.1) is 0 Å². The van der Waals surface area contributed by atoms with Crippen LogP contribution in [0.15, 0.2) is 42.5 Å². The molecule has 0 unspecified atom stereocenters. The molecule has 0 atom stereocenters. The average Bonchev–Trinajstić information content (AvgIpc) is 2.25. The zero-order chi connectivity index (χ0) is 11.1. The Morgan fingerprint density at radius 3 is 2.20 bits per heavy atom. The van der Waals surface area contributed by atoms with E-state index < -0.39 is 0 Å². The van der Waals surface area contributed by atoms with Crippen LogP contribution in [-0.4, -0.2) is 20.3 Å². The fraction of sp³-hybridized carbons (Fsp3) is 0.154. The summed E-state index contributed by atoms with van der Waals surface area (Å²) in [4.78, 5) is 2.07. The molecule has 0 saturated carbocycles. The number of nitrogens with zero attached hydrogens (tertiary/aromatic N) is 1. The van der Waals surface area contributed by atoms with Crippen molar-refractivity contribution >= 4 is 18.0 Å². The van der Waals surface area contributed by atoms with Crippen molar-refractivity contribution in [1.29, 1.82) is 5.41 Å². The summed E-state index contributed by atoms with van der Waals surface area (Å²) in [7, 11) is 4.05. The molecule has 2 nitrogen and oxygen atoms in total. The Labute approximate surface area is 91.1 Å². The summed E-state index contributed by atoms with van der Waals surface area (Å²) in [6.45, 7) is 0. The first-order valence-electron chi connectivity index (χ1n) is 4.85. The number of benzene rings is 1. The molecule has 1 rings (SSSR count). The van der Waals surface area contributed by atoms with Gasteiger partial charge in [0.15, 0.2) is 0 Å². The third-order valence-electron chi connectivity index (χ3n) is 2.02. The molecule has 15 heavy (non-hydrogen) atoms. The summed E-state index contributed by atoms with van der Waals surface area (Å²) >= 11 is 0. The monoisotopic (exact) mass is 200 g/mol. The lowest BCUT2D eigenvalue weighted by molar-refractivity contribution is 1.13. The van der Waals surface area contributed by atoms with E-state index in [2.05, 4.69) is 29.2 Å². The van der Waals surface area contributed by atoms with Crippen molar-refractivity contribution in [3.05, 3.63) is 48.1 Å². The minimum absolute atomic E-state index is 1.16. The number of rotatable bonds is 4. The average molecular weight is 200 g/mol. The second kappa shape index (κ2) is 5.81. The highest BCUT2D eigenvalue weighted by Gasteiger charge is 1.92. The topological polar surface area (TPSA) is 27.1 Å². The van der Waals surface area contributed by atoms with Crippen molar-refractivity contribution in [3.8, 4) is 0 Å². The molecule has 0 fully saturated rings. The molecular weight excluding hydrogens is 184 g/mol. The fourth-order valence-electron chi connectivity index (χ4n) is 1.17. The minimum Gasteiger partial charge on any atom is -0.378 e. The van der Waals surface area contributed by atoms with Crippen LogP contribution in [-0.2, 0) is 0 Å². The second-order valence-electron chi connectivity index (χ2n) is 3.40. The Kier molecular flexibility index (Phi) is 4.35. The van der Waals surface area contributed by atoms with Crippen molar-refractivity contribution in [2.45, 2.75) is 0 Å². The summed E-state index contributed by atoms with van der Waals surface area (Å²) in [5.41, 5.74) is 2.36. The highest BCUT2D eigenvalue weighted by atomic mass is 15.1. The van der Waals surface area contributed by atoms with Crippen LogP contribution in [0.4, 0.5) is 5.69 Å². The molecule has 0 aliphatic heterocycles. The minimum atomic E-state index is 1.16. The molecule has 0 aromatic heterocycles. The van der Waals surface area contributed by atoms with Crippen molar-refractivity contribution < 1.29 is 0 Å². The molecule has 0 spiro atoms. The van der Waals surface area contributed by atoms with Crippen LogP contribution in [0.25, 0.3) is 6.08 Å². The fourth-order valence-corrected chi connectivity index (χ4v) is 1.17. The van der Waals surface area contributed by atoms with E-state index in [1.807, 2.05) is 32.3 Å². The maximum Gasteiger partial charge on any atom is 0.0361 e. The van der Waals surface area contributed by atoms with Crippen molar-refractivity contribution in [2.24, 2.45) is 0 Å². The van der Waals surface area contributed by atoms with Gasteiger partial charge in [-0.3, -0.25) is 0 Å². The van der Waals surface area contributed by atoms with Gasteiger partial charge in [-0.15, -0.1) is 0 Å². The number of nitrogens with one attached hydrogen (secondary N) is 1. The third-order valence-corrected chi connectivity index (χ3v) is 2.02. The first-order valence-corrected chi connectivity index (χ1v) is 4.85. The normalized spacial score (nSPS) is 11.1. The summed E-state index contributed by atoms with van der Waals surface area (Å²) in [6, 6.07) is 8.31. The van der Waals surface area contributed by atoms with Crippen LogP contribution < -0.4 is 4.90 Å². The van der Waals surface area contributed by atoms with E-state index in [-0.39, 0.29) is 0 Å². The molecule has 1 N–H and O–H groups in total. The molecule has 0 heterocycles. The molecule has 0 radical (unpaired) electrons. The van der Waals surface area contributed by atoms with Gasteiger partial charge in [0.25, 0.3) is 0 Å². The van der Waals surface area contributed by atoms with Crippen LogP contribution in [0.5, 0.6) is 0 Å².